The number of carbonyl (C=O) groups excluding carboxylic acids is 5. The van der Waals surface area contributed by atoms with Gasteiger partial charge in [0.1, 0.15) is 24.9 Å². The van der Waals surface area contributed by atoms with Gasteiger partial charge in [0.2, 0.25) is 0 Å². The Morgan fingerprint density at radius 2 is 0.938 bits per heavy atom. The Labute approximate surface area is 368 Å². The summed E-state index contributed by atoms with van der Waals surface area (Å²) in [6.07, 6.45) is -15.0. The van der Waals surface area contributed by atoms with Crippen molar-refractivity contribution in [1.29, 1.82) is 0 Å². The number of ether oxygens (including phenoxy) is 9. The summed E-state index contributed by atoms with van der Waals surface area (Å²) in [5.74, 6) is -4.18. The Bertz CT molecular complexity index is 2310. The van der Waals surface area contributed by atoms with Gasteiger partial charge in [0.25, 0.3) is 0 Å². The van der Waals surface area contributed by atoms with Crippen molar-refractivity contribution in [2.45, 2.75) is 81.9 Å². The molecule has 5 aromatic carbocycles. The van der Waals surface area contributed by atoms with Crippen molar-refractivity contribution in [3.8, 4) is 0 Å². The van der Waals surface area contributed by atoms with Gasteiger partial charge >= 0.3 is 29.8 Å². The predicted octanol–water partition coefficient (Wildman–Crippen LogP) is 5.88. The van der Waals surface area contributed by atoms with Crippen LogP contribution < -0.4 is 0 Å². The number of aliphatic hydroxyl groups is 1. The van der Waals surface area contributed by atoms with E-state index >= 15 is 0 Å². The van der Waals surface area contributed by atoms with Crippen molar-refractivity contribution >= 4 is 29.8 Å². The zero-order valence-electron chi connectivity index (χ0n) is 34.8. The van der Waals surface area contributed by atoms with E-state index in [-0.39, 0.29) is 28.9 Å². The summed E-state index contributed by atoms with van der Waals surface area (Å²) in [5, 5.41) is 11.1. The molecular formula is C49H46O15. The molecule has 5 aromatic rings. The molecule has 0 spiro atoms. The maximum absolute atomic E-state index is 14.1. The van der Waals surface area contributed by atoms with Gasteiger partial charge in [0.15, 0.2) is 37.0 Å². The lowest BCUT2D eigenvalue weighted by atomic mass is 9.96. The van der Waals surface area contributed by atoms with Gasteiger partial charge in [-0.05, 0) is 61.0 Å². The predicted molar refractivity (Wildman–Crippen MR) is 224 cm³/mol. The number of hydrogen-bond acceptors (Lipinski definition) is 15. The molecule has 2 aliphatic rings. The van der Waals surface area contributed by atoms with Gasteiger partial charge in [-0.1, -0.05) is 103 Å². The highest BCUT2D eigenvalue weighted by Gasteiger charge is 2.56. The van der Waals surface area contributed by atoms with Crippen molar-refractivity contribution in [2.75, 3.05) is 6.61 Å². The van der Waals surface area contributed by atoms with Gasteiger partial charge in [0, 0.05) is 6.92 Å². The zero-order chi connectivity index (χ0) is 45.0. The normalized spacial score (nSPS) is 25.2. The largest absolute Gasteiger partial charge is 0.459 e. The smallest absolute Gasteiger partial charge is 0.338 e. The molecule has 332 valence electrons. The molecule has 10 atom stereocenters. The van der Waals surface area contributed by atoms with Crippen LogP contribution in [0.25, 0.3) is 0 Å². The molecule has 15 nitrogen and oxygen atoms in total. The third-order valence-corrected chi connectivity index (χ3v) is 10.4. The van der Waals surface area contributed by atoms with E-state index in [0.29, 0.717) is 0 Å². The second-order valence-corrected chi connectivity index (χ2v) is 14.9. The quantitative estimate of drug-likeness (QED) is 0.0969. The Morgan fingerprint density at radius 3 is 1.42 bits per heavy atom. The fraction of sp³-hybridized carbons (Fsp3) is 0.286. The first-order valence-electron chi connectivity index (χ1n) is 20.5. The molecule has 0 aliphatic carbocycles. The lowest BCUT2D eigenvalue weighted by Gasteiger charge is -2.48. The van der Waals surface area contributed by atoms with Crippen LogP contribution in [0.5, 0.6) is 0 Å². The van der Waals surface area contributed by atoms with E-state index in [1.54, 1.807) is 91.9 Å². The maximum Gasteiger partial charge on any atom is 0.338 e. The summed E-state index contributed by atoms with van der Waals surface area (Å²) in [6.45, 7) is 2.09. The molecule has 0 bridgehead atoms. The topological polar surface area (TPSA) is 189 Å². The minimum Gasteiger partial charge on any atom is -0.459 e. The summed E-state index contributed by atoms with van der Waals surface area (Å²) >= 11 is 0. The number of rotatable bonds is 15. The van der Waals surface area contributed by atoms with Crippen LogP contribution in [0.4, 0.5) is 0 Å². The van der Waals surface area contributed by atoms with Crippen molar-refractivity contribution < 1.29 is 71.7 Å². The van der Waals surface area contributed by atoms with E-state index in [1.165, 1.54) is 36.4 Å². The van der Waals surface area contributed by atoms with Gasteiger partial charge < -0.3 is 47.7 Å². The van der Waals surface area contributed by atoms with Crippen LogP contribution in [0.1, 0.15) is 60.8 Å². The fourth-order valence-corrected chi connectivity index (χ4v) is 7.24. The molecule has 0 radical (unpaired) electrons. The average Bonchev–Trinajstić information content (AvgIpc) is 3.32. The minimum absolute atomic E-state index is 0.0343. The van der Waals surface area contributed by atoms with Gasteiger partial charge in [0.05, 0.1) is 35.0 Å². The van der Waals surface area contributed by atoms with E-state index in [4.69, 9.17) is 42.6 Å². The van der Waals surface area contributed by atoms with Gasteiger partial charge in [-0.3, -0.25) is 4.79 Å². The summed E-state index contributed by atoms with van der Waals surface area (Å²) in [6, 6.07) is 41.0. The first kappa shape index (κ1) is 45.3. The Hall–Kier alpha value is -6.75. The van der Waals surface area contributed by atoms with E-state index in [0.717, 1.165) is 12.5 Å². The van der Waals surface area contributed by atoms with E-state index in [9.17, 15) is 29.1 Å². The first-order valence-corrected chi connectivity index (χ1v) is 20.5. The van der Waals surface area contributed by atoms with Crippen LogP contribution >= 0.6 is 0 Å². The second kappa shape index (κ2) is 21.6. The highest BCUT2D eigenvalue weighted by atomic mass is 16.8. The molecule has 2 fully saturated rings. The van der Waals surface area contributed by atoms with E-state index in [1.807, 2.05) is 30.3 Å². The summed E-state index contributed by atoms with van der Waals surface area (Å²) in [4.78, 5) is 67.9. The zero-order valence-corrected chi connectivity index (χ0v) is 34.8. The van der Waals surface area contributed by atoms with Crippen LogP contribution in [-0.4, -0.2) is 103 Å². The summed E-state index contributed by atoms with van der Waals surface area (Å²) < 4.78 is 55.3. The molecule has 2 saturated heterocycles. The minimum atomic E-state index is -1.75. The Morgan fingerprint density at radius 1 is 0.500 bits per heavy atom. The summed E-state index contributed by atoms with van der Waals surface area (Å²) in [7, 11) is 0. The molecule has 0 amide bonds. The number of carbonyl (C=O) groups is 5. The van der Waals surface area contributed by atoms with Crippen LogP contribution in [-0.2, 0) is 54.0 Å². The highest BCUT2D eigenvalue weighted by Crippen LogP contribution is 2.36. The Kier molecular flexibility index (Phi) is 15.3. The molecule has 2 heterocycles. The molecule has 0 unspecified atom stereocenters. The van der Waals surface area contributed by atoms with Gasteiger partial charge in [-0.2, -0.15) is 0 Å². The molecule has 7 rings (SSSR count). The van der Waals surface area contributed by atoms with Crippen molar-refractivity contribution in [2.24, 2.45) is 0 Å². The molecule has 15 heteroatoms. The summed E-state index contributed by atoms with van der Waals surface area (Å²) in [5.41, 5.74) is 1.25. The lowest BCUT2D eigenvalue weighted by molar-refractivity contribution is -0.354. The van der Waals surface area contributed by atoms with Crippen LogP contribution in [0.3, 0.4) is 0 Å². The molecule has 64 heavy (non-hydrogen) atoms. The molecule has 0 aromatic heterocycles. The molecular weight excluding hydrogens is 829 g/mol. The van der Waals surface area contributed by atoms with Gasteiger partial charge in [-0.25, -0.2) is 19.2 Å². The number of aliphatic hydroxyl groups excluding tert-OH is 1. The van der Waals surface area contributed by atoms with Crippen LogP contribution in [0, 0.1) is 0 Å². The van der Waals surface area contributed by atoms with E-state index in [2.05, 4.69) is 0 Å². The van der Waals surface area contributed by atoms with E-state index < -0.39 is 97.9 Å². The standard InChI is InChI=1S/C49H46O15/c1-30-38(40(42(48(55)58-30)59-31(2)50)56-28-32-18-8-3-9-19-32)64-49-43(63-47(54)36-26-16-7-17-27-36)41(62-46(53)35-24-14-6-15-25-35)39(61-45(52)34-22-12-5-13-23-34)37(60-49)29-57-44(51)33-20-10-4-11-21-33/h3-27,30,37-43,48-49,55H,28-29H2,1-2H3/t30-,37+,38-,39-,40+,41-,42+,43+,48+,49-/m0/s1. The Balaban J connectivity index is 1.32. The molecule has 0 saturated carbocycles. The maximum atomic E-state index is 14.1. The van der Waals surface area contributed by atoms with Crippen molar-refractivity contribution in [3.63, 3.8) is 0 Å². The third kappa shape index (κ3) is 11.4. The highest BCUT2D eigenvalue weighted by molar-refractivity contribution is 5.91. The lowest BCUT2D eigenvalue weighted by Crippen LogP contribution is -2.66. The van der Waals surface area contributed by atoms with Crippen LogP contribution in [0.2, 0.25) is 0 Å². The number of hydrogen-bond donors (Lipinski definition) is 1. The molecule has 1 N–H and O–H groups in total. The third-order valence-electron chi connectivity index (χ3n) is 10.4. The van der Waals surface area contributed by atoms with Crippen LogP contribution in [0.15, 0.2) is 152 Å². The molecule has 2 aliphatic heterocycles. The SMILES string of the molecule is CC(=O)O[C@@H]1[C@H](OCc2ccccc2)[C@@H](O[C@@H]2O[C@H](COC(=O)c3ccccc3)[C@H](OC(=O)c3ccccc3)[C@H](OC(=O)c3ccccc3)[C@H]2OC(=O)c2ccccc2)[C@H](C)O[C@H]1O. The number of benzene rings is 5. The van der Waals surface area contributed by atoms with Gasteiger partial charge in [-0.15, -0.1) is 0 Å². The first-order chi connectivity index (χ1) is 31.0. The average molecular weight is 875 g/mol. The number of esters is 5. The van der Waals surface area contributed by atoms with Crippen molar-refractivity contribution in [1.82, 2.24) is 0 Å². The fourth-order valence-electron chi connectivity index (χ4n) is 7.24. The van der Waals surface area contributed by atoms with Crippen molar-refractivity contribution in [3.05, 3.63) is 179 Å². The monoisotopic (exact) mass is 874 g/mol. The second-order valence-electron chi connectivity index (χ2n) is 14.9.